The third-order valence-corrected chi connectivity index (χ3v) is 6.20. The molecule has 1 rings (SSSR count). The van der Waals surface area contributed by atoms with Crippen LogP contribution in [0.2, 0.25) is 0 Å². The van der Waals surface area contributed by atoms with E-state index in [1.165, 1.54) is 62.8 Å². The summed E-state index contributed by atoms with van der Waals surface area (Å²) in [5.74, 6) is -1.84. The highest BCUT2D eigenvalue weighted by atomic mass is 16.4. The van der Waals surface area contributed by atoms with Crippen LogP contribution < -0.4 is 0 Å². The minimum atomic E-state index is -1.26. The van der Waals surface area contributed by atoms with E-state index in [9.17, 15) is 14.7 Å². The maximum Gasteiger partial charge on any atom is 0.328 e. The summed E-state index contributed by atoms with van der Waals surface area (Å²) in [6.07, 6.45) is 13.2. The van der Waals surface area contributed by atoms with Gasteiger partial charge in [-0.1, -0.05) is 37.1 Å². The number of aliphatic carboxylic acids is 2. The first-order valence-electron chi connectivity index (χ1n) is 11.7. The van der Waals surface area contributed by atoms with Crippen molar-refractivity contribution >= 4 is 11.9 Å². The molecule has 1 fully saturated rings. The van der Waals surface area contributed by atoms with Gasteiger partial charge in [-0.25, -0.2) is 9.59 Å². The Kier molecular flexibility index (Phi) is 14.9. The standard InChI is InChI=1S/C22H41NO.C4H4O4/c1-18(2)9-7-10-19(3)11-8-12-20(4)23-15-13-21(14-16-23)22(5,6)17-24;5-3(6)1-2-4(7)8/h9,11,20-21,24H,7-8,10,12-17H2,1-6H3;1-2H,(H,5,6)(H,7,8). The highest BCUT2D eigenvalue weighted by Gasteiger charge is 2.32. The SMILES string of the molecule is CC(C)=CCCC(C)=CCCC(C)N1CCC(C(C)(C)CO)CC1.O=C(O)C=CC(=O)O. The Bertz CT molecular complexity index is 635. The molecule has 1 aliphatic heterocycles. The molecule has 1 saturated heterocycles. The van der Waals surface area contributed by atoms with Gasteiger partial charge in [0.15, 0.2) is 0 Å². The lowest BCUT2D eigenvalue weighted by Crippen LogP contribution is -2.43. The number of aliphatic hydroxyl groups is 1. The molecule has 184 valence electrons. The molecule has 6 nitrogen and oxygen atoms in total. The number of rotatable bonds is 11. The number of carboxylic acids is 2. The number of allylic oxidation sites excluding steroid dienone is 4. The molecular formula is C26H45NO5. The average molecular weight is 452 g/mol. The summed E-state index contributed by atoms with van der Waals surface area (Å²) in [4.78, 5) is 21.8. The zero-order valence-corrected chi connectivity index (χ0v) is 20.9. The van der Waals surface area contributed by atoms with Crippen LogP contribution in [-0.2, 0) is 9.59 Å². The Morgan fingerprint density at radius 2 is 1.53 bits per heavy atom. The van der Waals surface area contributed by atoms with E-state index >= 15 is 0 Å². The fourth-order valence-corrected chi connectivity index (χ4v) is 3.84. The second-order valence-electron chi connectivity index (χ2n) is 9.76. The molecule has 0 radical (unpaired) electrons. The average Bonchev–Trinajstić information content (AvgIpc) is 2.72. The van der Waals surface area contributed by atoms with Gasteiger partial charge in [0.05, 0.1) is 0 Å². The van der Waals surface area contributed by atoms with Gasteiger partial charge in [0.25, 0.3) is 0 Å². The van der Waals surface area contributed by atoms with Crippen LogP contribution in [0, 0.1) is 11.3 Å². The molecule has 0 saturated carbocycles. The van der Waals surface area contributed by atoms with Gasteiger partial charge in [-0.05, 0) is 90.6 Å². The maximum absolute atomic E-state index is 9.56. The van der Waals surface area contributed by atoms with Gasteiger partial charge in [0.2, 0.25) is 0 Å². The first-order valence-corrected chi connectivity index (χ1v) is 11.7. The number of hydrogen-bond acceptors (Lipinski definition) is 4. The number of carbonyl (C=O) groups is 2. The maximum atomic E-state index is 9.56. The van der Waals surface area contributed by atoms with Crippen molar-refractivity contribution in [1.29, 1.82) is 0 Å². The summed E-state index contributed by atoms with van der Waals surface area (Å²) >= 11 is 0. The molecule has 0 spiro atoms. The Labute approximate surface area is 194 Å². The monoisotopic (exact) mass is 451 g/mol. The van der Waals surface area contributed by atoms with Gasteiger partial charge < -0.3 is 20.2 Å². The van der Waals surface area contributed by atoms with Gasteiger partial charge in [0.1, 0.15) is 0 Å². The predicted molar refractivity (Wildman–Crippen MR) is 131 cm³/mol. The van der Waals surface area contributed by atoms with Crippen molar-refractivity contribution in [3.63, 3.8) is 0 Å². The predicted octanol–water partition coefficient (Wildman–Crippen LogP) is 5.29. The molecule has 0 bridgehead atoms. The van der Waals surface area contributed by atoms with Crippen LogP contribution in [-0.4, -0.2) is 57.9 Å². The van der Waals surface area contributed by atoms with E-state index in [1.807, 2.05) is 0 Å². The van der Waals surface area contributed by atoms with E-state index in [0.717, 1.165) is 0 Å². The molecule has 0 amide bonds. The van der Waals surface area contributed by atoms with E-state index in [2.05, 4.69) is 58.6 Å². The molecule has 1 atom stereocenters. The summed E-state index contributed by atoms with van der Waals surface area (Å²) in [5.41, 5.74) is 3.04. The van der Waals surface area contributed by atoms with Crippen LogP contribution in [0.15, 0.2) is 35.5 Å². The van der Waals surface area contributed by atoms with E-state index in [0.29, 0.717) is 30.7 Å². The van der Waals surface area contributed by atoms with Crippen LogP contribution in [0.25, 0.3) is 0 Å². The smallest absolute Gasteiger partial charge is 0.328 e. The van der Waals surface area contributed by atoms with Crippen molar-refractivity contribution in [2.45, 2.75) is 86.1 Å². The van der Waals surface area contributed by atoms with Gasteiger partial charge >= 0.3 is 11.9 Å². The van der Waals surface area contributed by atoms with Crippen molar-refractivity contribution in [3.05, 3.63) is 35.5 Å². The summed E-state index contributed by atoms with van der Waals surface area (Å²) in [5, 5.41) is 25.2. The molecule has 6 heteroatoms. The summed E-state index contributed by atoms with van der Waals surface area (Å²) < 4.78 is 0. The number of hydrogen-bond donors (Lipinski definition) is 3. The van der Waals surface area contributed by atoms with Gasteiger partial charge in [-0.3, -0.25) is 0 Å². The molecule has 0 aromatic heterocycles. The highest BCUT2D eigenvalue weighted by Crippen LogP contribution is 2.35. The third kappa shape index (κ3) is 14.2. The molecule has 0 aromatic rings. The van der Waals surface area contributed by atoms with Crippen LogP contribution in [0.1, 0.15) is 80.1 Å². The molecule has 0 aromatic carbocycles. The van der Waals surface area contributed by atoms with Crippen molar-refractivity contribution in [3.8, 4) is 0 Å². The van der Waals surface area contributed by atoms with Crippen molar-refractivity contribution in [2.75, 3.05) is 19.7 Å². The Hall–Kier alpha value is -1.92. The first kappa shape index (κ1) is 30.1. The molecule has 1 heterocycles. The van der Waals surface area contributed by atoms with Crippen LogP contribution >= 0.6 is 0 Å². The summed E-state index contributed by atoms with van der Waals surface area (Å²) in [6.45, 7) is 16.1. The van der Waals surface area contributed by atoms with E-state index in [-0.39, 0.29) is 5.41 Å². The molecule has 1 unspecified atom stereocenters. The van der Waals surface area contributed by atoms with Crippen molar-refractivity contribution < 1.29 is 24.9 Å². The van der Waals surface area contributed by atoms with Crippen LogP contribution in [0.3, 0.4) is 0 Å². The largest absolute Gasteiger partial charge is 0.478 e. The second kappa shape index (κ2) is 15.8. The molecule has 0 aliphatic carbocycles. The fourth-order valence-electron chi connectivity index (χ4n) is 3.84. The normalized spacial score (nSPS) is 16.9. The zero-order chi connectivity index (χ0) is 24.7. The number of nitrogens with zero attached hydrogens (tertiary/aromatic N) is 1. The highest BCUT2D eigenvalue weighted by molar-refractivity contribution is 5.89. The first-order chi connectivity index (χ1) is 14.9. The van der Waals surface area contributed by atoms with E-state index < -0.39 is 11.9 Å². The Morgan fingerprint density at radius 1 is 1.00 bits per heavy atom. The van der Waals surface area contributed by atoms with Gasteiger partial charge in [-0.15, -0.1) is 0 Å². The number of carboxylic acid groups (broad SMARTS) is 2. The zero-order valence-electron chi connectivity index (χ0n) is 20.9. The van der Waals surface area contributed by atoms with E-state index in [4.69, 9.17) is 10.2 Å². The Morgan fingerprint density at radius 3 is 1.97 bits per heavy atom. The molecular weight excluding hydrogens is 406 g/mol. The lowest BCUT2D eigenvalue weighted by Gasteiger charge is -2.41. The fraction of sp³-hybridized carbons (Fsp3) is 0.692. The lowest BCUT2D eigenvalue weighted by atomic mass is 9.74. The second-order valence-corrected chi connectivity index (χ2v) is 9.76. The third-order valence-electron chi connectivity index (χ3n) is 6.20. The topological polar surface area (TPSA) is 98.1 Å². The summed E-state index contributed by atoms with van der Waals surface area (Å²) in [7, 11) is 0. The van der Waals surface area contributed by atoms with Crippen LogP contribution in [0.5, 0.6) is 0 Å². The molecule has 1 aliphatic rings. The summed E-state index contributed by atoms with van der Waals surface area (Å²) in [6, 6.07) is 0.671. The van der Waals surface area contributed by atoms with Crippen molar-refractivity contribution in [1.82, 2.24) is 4.90 Å². The number of likely N-dealkylation sites (tertiary alicyclic amines) is 1. The number of piperidine rings is 1. The molecule has 3 N–H and O–H groups in total. The van der Waals surface area contributed by atoms with Gasteiger partial charge in [-0.2, -0.15) is 0 Å². The van der Waals surface area contributed by atoms with Crippen molar-refractivity contribution in [2.24, 2.45) is 11.3 Å². The lowest BCUT2D eigenvalue weighted by molar-refractivity contribution is -0.134. The minimum absolute atomic E-state index is 0.0838. The number of aliphatic hydroxyl groups excluding tert-OH is 1. The quantitative estimate of drug-likeness (QED) is 0.292. The minimum Gasteiger partial charge on any atom is -0.478 e. The van der Waals surface area contributed by atoms with Crippen LogP contribution in [0.4, 0.5) is 0 Å². The van der Waals surface area contributed by atoms with Gasteiger partial charge in [0, 0.05) is 24.8 Å². The van der Waals surface area contributed by atoms with E-state index in [1.54, 1.807) is 0 Å². The Balaban J connectivity index is 0.00000102. The molecule has 32 heavy (non-hydrogen) atoms.